The lowest BCUT2D eigenvalue weighted by Crippen LogP contribution is -1.83. The summed E-state index contributed by atoms with van der Waals surface area (Å²) in [6, 6.07) is 7.75. The van der Waals surface area contributed by atoms with Gasteiger partial charge in [-0.1, -0.05) is 23.7 Å². The Balaban J connectivity index is 2.75. The Hall–Kier alpha value is -0.200. The molecule has 1 rings (SSSR count). The van der Waals surface area contributed by atoms with E-state index in [1.807, 2.05) is 24.3 Å². The van der Waals surface area contributed by atoms with Crippen LogP contribution in [0.25, 0.3) is 0 Å². The van der Waals surface area contributed by atoms with Gasteiger partial charge in [0.2, 0.25) is 0 Å². The van der Waals surface area contributed by atoms with Crippen molar-refractivity contribution in [3.05, 3.63) is 34.9 Å². The highest BCUT2D eigenvalue weighted by Crippen LogP contribution is 2.11. The zero-order chi connectivity index (χ0) is 7.40. The average Bonchev–Trinajstić information content (AvgIpc) is 1.88. The fraction of sp³-hybridized carbons (Fsp3) is 0.250. The van der Waals surface area contributed by atoms with E-state index in [4.69, 9.17) is 23.2 Å². The van der Waals surface area contributed by atoms with Crippen molar-refractivity contribution in [1.82, 2.24) is 0 Å². The number of hydrogen-bond donors (Lipinski definition) is 0. The molecule has 0 atom stereocenters. The number of halogens is 2. The van der Waals surface area contributed by atoms with Gasteiger partial charge in [-0.05, 0) is 24.1 Å². The molecule has 0 aliphatic carbocycles. The molecule has 2 heteroatoms. The largest absolute Gasteiger partial charge is 0.126 e. The molecule has 0 saturated heterocycles. The van der Waals surface area contributed by atoms with Crippen molar-refractivity contribution in [3.63, 3.8) is 0 Å². The Kier molecular flexibility index (Phi) is 3.04. The Bertz CT molecular complexity index is 208. The van der Waals surface area contributed by atoms with Crippen LogP contribution in [0.15, 0.2) is 24.3 Å². The van der Waals surface area contributed by atoms with Gasteiger partial charge in [0, 0.05) is 10.9 Å². The number of aryl methyl sites for hydroxylation is 1. The van der Waals surface area contributed by atoms with Gasteiger partial charge in [0.25, 0.3) is 0 Å². The smallest absolute Gasteiger partial charge is 0.0408 e. The van der Waals surface area contributed by atoms with E-state index in [1.54, 1.807) is 0 Å². The van der Waals surface area contributed by atoms with Gasteiger partial charge in [0.05, 0.1) is 0 Å². The molecule has 0 saturated carbocycles. The normalized spacial score (nSPS) is 9.80. The molecule has 0 nitrogen and oxygen atoms in total. The molecule has 0 aromatic heterocycles. The zero-order valence-electron chi connectivity index (χ0n) is 5.48. The van der Waals surface area contributed by atoms with E-state index < -0.39 is 0 Å². The number of rotatable bonds is 2. The Morgan fingerprint density at radius 1 is 1.30 bits per heavy atom. The van der Waals surface area contributed by atoms with Crippen LogP contribution in [0, 0.1) is 0 Å². The summed E-state index contributed by atoms with van der Waals surface area (Å²) < 4.78 is 0. The molecule has 54 valence electrons. The van der Waals surface area contributed by atoms with E-state index in [9.17, 15) is 0 Å². The van der Waals surface area contributed by atoms with Gasteiger partial charge >= 0.3 is 0 Å². The lowest BCUT2D eigenvalue weighted by molar-refractivity contribution is 1.15. The molecule has 0 bridgehead atoms. The van der Waals surface area contributed by atoms with Crippen LogP contribution in [0.3, 0.4) is 0 Å². The summed E-state index contributed by atoms with van der Waals surface area (Å²) in [5.41, 5.74) is 1.20. The van der Waals surface area contributed by atoms with Crippen molar-refractivity contribution in [2.45, 2.75) is 6.42 Å². The van der Waals surface area contributed by atoms with Gasteiger partial charge in [0.1, 0.15) is 0 Å². The molecular weight excluding hydrogens is 167 g/mol. The Morgan fingerprint density at radius 3 is 2.70 bits per heavy atom. The first-order valence-electron chi connectivity index (χ1n) is 3.13. The van der Waals surface area contributed by atoms with Gasteiger partial charge in [-0.3, -0.25) is 0 Å². The van der Waals surface area contributed by atoms with E-state index >= 15 is 0 Å². The zero-order valence-corrected chi connectivity index (χ0v) is 6.99. The van der Waals surface area contributed by atoms with Gasteiger partial charge < -0.3 is 0 Å². The Labute approximate surface area is 70.8 Å². The van der Waals surface area contributed by atoms with Crippen LogP contribution in [0.2, 0.25) is 5.02 Å². The molecule has 1 aromatic rings. The van der Waals surface area contributed by atoms with E-state index in [0.717, 1.165) is 11.4 Å². The number of hydrogen-bond acceptors (Lipinski definition) is 0. The van der Waals surface area contributed by atoms with Crippen molar-refractivity contribution < 1.29 is 0 Å². The summed E-state index contributed by atoms with van der Waals surface area (Å²) in [6.45, 7) is 0. The number of alkyl halides is 1. The first-order valence-corrected chi connectivity index (χ1v) is 4.04. The highest BCUT2D eigenvalue weighted by molar-refractivity contribution is 6.30. The summed E-state index contributed by atoms with van der Waals surface area (Å²) in [6.07, 6.45) is 0.891. The lowest BCUT2D eigenvalue weighted by atomic mass is 10.2. The van der Waals surface area contributed by atoms with Crippen molar-refractivity contribution in [1.29, 1.82) is 0 Å². The predicted octanol–water partition coefficient (Wildman–Crippen LogP) is 3.12. The van der Waals surface area contributed by atoms with Crippen LogP contribution in [-0.4, -0.2) is 5.88 Å². The summed E-state index contributed by atoms with van der Waals surface area (Å²) in [4.78, 5) is 0. The molecule has 0 fully saturated rings. The van der Waals surface area contributed by atoms with Crippen LogP contribution in [-0.2, 0) is 6.42 Å². The minimum absolute atomic E-state index is 0.653. The fourth-order valence-corrected chi connectivity index (χ4v) is 1.23. The highest BCUT2D eigenvalue weighted by atomic mass is 35.5. The third-order valence-corrected chi connectivity index (χ3v) is 1.70. The molecular formula is C8H8Cl2. The lowest BCUT2D eigenvalue weighted by Gasteiger charge is -1.95. The standard InChI is InChI=1S/C8H8Cl2/c9-5-4-7-2-1-3-8(10)6-7/h1-3,6H,4-5H2. The summed E-state index contributed by atoms with van der Waals surface area (Å²) >= 11 is 11.3. The number of benzene rings is 1. The topological polar surface area (TPSA) is 0 Å². The average molecular weight is 175 g/mol. The van der Waals surface area contributed by atoms with Crippen LogP contribution in [0.5, 0.6) is 0 Å². The van der Waals surface area contributed by atoms with Gasteiger partial charge in [-0.15, -0.1) is 11.6 Å². The van der Waals surface area contributed by atoms with E-state index in [0.29, 0.717) is 5.88 Å². The SMILES string of the molecule is ClCCc1cccc(Cl)c1. The first-order chi connectivity index (χ1) is 4.83. The van der Waals surface area contributed by atoms with Crippen molar-refractivity contribution in [2.24, 2.45) is 0 Å². The molecule has 0 spiro atoms. The van der Waals surface area contributed by atoms with Crippen LogP contribution >= 0.6 is 23.2 Å². The van der Waals surface area contributed by atoms with E-state index in [-0.39, 0.29) is 0 Å². The fourth-order valence-electron chi connectivity index (χ4n) is 0.802. The third kappa shape index (κ3) is 2.20. The maximum Gasteiger partial charge on any atom is 0.0408 e. The van der Waals surface area contributed by atoms with Crippen molar-refractivity contribution in [3.8, 4) is 0 Å². The summed E-state index contributed by atoms with van der Waals surface area (Å²) in [7, 11) is 0. The predicted molar refractivity (Wildman–Crippen MR) is 45.9 cm³/mol. The summed E-state index contributed by atoms with van der Waals surface area (Å²) in [5.74, 6) is 0.653. The van der Waals surface area contributed by atoms with E-state index in [1.165, 1.54) is 5.56 Å². The van der Waals surface area contributed by atoms with Crippen LogP contribution in [0.1, 0.15) is 5.56 Å². The molecule has 0 unspecified atom stereocenters. The minimum atomic E-state index is 0.653. The molecule has 0 radical (unpaired) electrons. The van der Waals surface area contributed by atoms with Gasteiger partial charge in [0.15, 0.2) is 0 Å². The second-order valence-electron chi connectivity index (χ2n) is 2.07. The molecule has 10 heavy (non-hydrogen) atoms. The quantitative estimate of drug-likeness (QED) is 0.605. The molecule has 0 heterocycles. The molecule has 0 amide bonds. The van der Waals surface area contributed by atoms with Crippen LogP contribution < -0.4 is 0 Å². The van der Waals surface area contributed by atoms with Crippen molar-refractivity contribution in [2.75, 3.05) is 5.88 Å². The minimum Gasteiger partial charge on any atom is -0.126 e. The first kappa shape index (κ1) is 7.90. The maximum absolute atomic E-state index is 5.74. The van der Waals surface area contributed by atoms with Gasteiger partial charge in [-0.2, -0.15) is 0 Å². The van der Waals surface area contributed by atoms with E-state index in [2.05, 4.69) is 0 Å². The van der Waals surface area contributed by atoms with Crippen molar-refractivity contribution >= 4 is 23.2 Å². The van der Waals surface area contributed by atoms with Gasteiger partial charge in [-0.25, -0.2) is 0 Å². The molecule has 0 aliphatic heterocycles. The molecule has 0 N–H and O–H groups in total. The second kappa shape index (κ2) is 3.85. The Morgan fingerprint density at radius 2 is 2.10 bits per heavy atom. The summed E-state index contributed by atoms with van der Waals surface area (Å²) in [5, 5.41) is 0.780. The monoisotopic (exact) mass is 174 g/mol. The third-order valence-electron chi connectivity index (χ3n) is 1.27. The maximum atomic E-state index is 5.74. The molecule has 0 aliphatic rings. The van der Waals surface area contributed by atoms with Crippen LogP contribution in [0.4, 0.5) is 0 Å². The second-order valence-corrected chi connectivity index (χ2v) is 2.88. The highest BCUT2D eigenvalue weighted by Gasteiger charge is 1.91. The molecule has 1 aromatic carbocycles.